The molecule has 32 heavy (non-hydrogen) atoms. The van der Waals surface area contributed by atoms with Gasteiger partial charge in [-0.1, -0.05) is 30.3 Å². The van der Waals surface area contributed by atoms with Crippen LogP contribution in [0.15, 0.2) is 53.3 Å². The average molecular weight is 437 g/mol. The van der Waals surface area contributed by atoms with Crippen molar-refractivity contribution in [2.24, 2.45) is 0 Å². The third kappa shape index (κ3) is 5.20. The summed E-state index contributed by atoms with van der Waals surface area (Å²) < 4.78 is 11.3. The molecule has 2 amide bonds. The lowest BCUT2D eigenvalue weighted by molar-refractivity contribution is 0.172. The minimum absolute atomic E-state index is 0.203. The van der Waals surface area contributed by atoms with E-state index >= 15 is 0 Å². The lowest BCUT2D eigenvalue weighted by atomic mass is 10.1. The zero-order valence-electron chi connectivity index (χ0n) is 18.4. The van der Waals surface area contributed by atoms with Crippen LogP contribution in [0.4, 0.5) is 4.79 Å². The summed E-state index contributed by atoms with van der Waals surface area (Å²) in [4.78, 5) is 32.3. The lowest BCUT2D eigenvalue weighted by Gasteiger charge is -2.25. The Bertz CT molecular complexity index is 1140. The first-order chi connectivity index (χ1) is 15.5. The number of carbonyl (C=O) groups excluding carboxylic acids is 1. The molecule has 0 fully saturated rings. The van der Waals surface area contributed by atoms with Gasteiger partial charge in [0.2, 0.25) is 0 Å². The van der Waals surface area contributed by atoms with E-state index in [9.17, 15) is 9.59 Å². The van der Waals surface area contributed by atoms with E-state index in [0.29, 0.717) is 55.4 Å². The Morgan fingerprint density at radius 3 is 2.47 bits per heavy atom. The number of carbonyl (C=O) groups is 1. The van der Waals surface area contributed by atoms with Gasteiger partial charge in [0, 0.05) is 36.7 Å². The number of fused-ring (bicyclic) bond motifs is 2. The van der Waals surface area contributed by atoms with Crippen molar-refractivity contribution < 1.29 is 14.3 Å². The molecule has 3 aromatic rings. The molecule has 0 bridgehead atoms. The molecule has 0 saturated heterocycles. The van der Waals surface area contributed by atoms with Crippen molar-refractivity contribution in [2.75, 3.05) is 40.4 Å². The number of aromatic amines is 1. The van der Waals surface area contributed by atoms with Gasteiger partial charge < -0.3 is 29.6 Å². The van der Waals surface area contributed by atoms with Crippen molar-refractivity contribution in [1.29, 1.82) is 0 Å². The highest BCUT2D eigenvalue weighted by molar-refractivity contribution is 5.83. The molecule has 1 aliphatic rings. The Balaban J connectivity index is 1.55. The fourth-order valence-corrected chi connectivity index (χ4v) is 3.57. The molecule has 1 aromatic heterocycles. The zero-order chi connectivity index (χ0) is 22.5. The summed E-state index contributed by atoms with van der Waals surface area (Å²) >= 11 is 0. The molecule has 2 N–H and O–H groups in total. The van der Waals surface area contributed by atoms with Gasteiger partial charge in [0.05, 0.1) is 12.1 Å². The second-order valence-electron chi connectivity index (χ2n) is 8.08. The molecule has 8 nitrogen and oxygen atoms in total. The van der Waals surface area contributed by atoms with Gasteiger partial charge in [-0.15, -0.1) is 0 Å². The topological polar surface area (TPSA) is 86.9 Å². The van der Waals surface area contributed by atoms with Crippen LogP contribution in [0.3, 0.4) is 0 Å². The molecule has 0 atom stereocenters. The number of urea groups is 1. The first kappa shape index (κ1) is 21.7. The molecule has 4 rings (SSSR count). The van der Waals surface area contributed by atoms with Crippen LogP contribution in [0, 0.1) is 0 Å². The van der Waals surface area contributed by atoms with Crippen LogP contribution in [0.1, 0.15) is 11.1 Å². The van der Waals surface area contributed by atoms with Crippen molar-refractivity contribution in [3.8, 4) is 11.5 Å². The summed E-state index contributed by atoms with van der Waals surface area (Å²) in [5.41, 5.74) is 1.99. The van der Waals surface area contributed by atoms with Gasteiger partial charge in [0.15, 0.2) is 11.5 Å². The third-order valence-electron chi connectivity index (χ3n) is 5.34. The zero-order valence-corrected chi connectivity index (χ0v) is 18.4. The molecular weight excluding hydrogens is 408 g/mol. The predicted molar refractivity (Wildman–Crippen MR) is 123 cm³/mol. The number of aromatic nitrogens is 1. The Labute approximate surface area is 186 Å². The Hall–Kier alpha value is -3.52. The average Bonchev–Trinajstić information content (AvgIpc) is 2.79. The van der Waals surface area contributed by atoms with Crippen LogP contribution < -0.4 is 20.3 Å². The molecule has 0 saturated carbocycles. The fourth-order valence-electron chi connectivity index (χ4n) is 3.57. The molecule has 8 heteroatoms. The molecule has 2 heterocycles. The maximum absolute atomic E-state index is 12.9. The van der Waals surface area contributed by atoms with E-state index in [-0.39, 0.29) is 18.1 Å². The summed E-state index contributed by atoms with van der Waals surface area (Å²) in [5, 5.41) is 3.79. The van der Waals surface area contributed by atoms with E-state index < -0.39 is 0 Å². The number of benzene rings is 2. The van der Waals surface area contributed by atoms with E-state index in [2.05, 4.69) is 10.3 Å². The van der Waals surface area contributed by atoms with Gasteiger partial charge in [0.25, 0.3) is 5.56 Å². The number of rotatable bonds is 7. The van der Waals surface area contributed by atoms with Gasteiger partial charge in [-0.3, -0.25) is 4.79 Å². The highest BCUT2D eigenvalue weighted by Gasteiger charge is 2.18. The maximum atomic E-state index is 12.9. The Kier molecular flexibility index (Phi) is 6.61. The molecule has 0 unspecified atom stereocenters. The molecule has 0 aliphatic carbocycles. The maximum Gasteiger partial charge on any atom is 0.318 e. The second kappa shape index (κ2) is 9.74. The number of nitrogens with zero attached hydrogens (tertiary/aromatic N) is 2. The number of pyridine rings is 1. The number of likely N-dealkylation sites (N-methyl/N-ethyl adjacent to an activating group) is 1. The van der Waals surface area contributed by atoms with Crippen molar-refractivity contribution in [1.82, 2.24) is 20.1 Å². The van der Waals surface area contributed by atoms with Crippen molar-refractivity contribution >= 4 is 16.9 Å². The van der Waals surface area contributed by atoms with Crippen LogP contribution in [0.5, 0.6) is 11.5 Å². The normalized spacial score (nSPS) is 12.7. The van der Waals surface area contributed by atoms with Gasteiger partial charge in [-0.05, 0) is 31.8 Å². The summed E-state index contributed by atoms with van der Waals surface area (Å²) in [7, 11) is 3.90. The monoisotopic (exact) mass is 436 g/mol. The van der Waals surface area contributed by atoms with Gasteiger partial charge in [-0.2, -0.15) is 0 Å². The van der Waals surface area contributed by atoms with Crippen LogP contribution in [0.2, 0.25) is 0 Å². The van der Waals surface area contributed by atoms with E-state index in [4.69, 9.17) is 9.47 Å². The van der Waals surface area contributed by atoms with Crippen LogP contribution in [-0.4, -0.2) is 61.2 Å². The first-order valence-electron chi connectivity index (χ1n) is 10.7. The first-order valence-corrected chi connectivity index (χ1v) is 10.7. The number of H-pyrrole nitrogens is 1. The Morgan fingerprint density at radius 1 is 1.03 bits per heavy atom. The quantitative estimate of drug-likeness (QED) is 0.595. The van der Waals surface area contributed by atoms with Crippen molar-refractivity contribution in [3.05, 3.63) is 70.0 Å². The lowest BCUT2D eigenvalue weighted by Crippen LogP contribution is -2.43. The van der Waals surface area contributed by atoms with E-state index in [0.717, 1.165) is 10.9 Å². The molecule has 168 valence electrons. The van der Waals surface area contributed by atoms with Crippen LogP contribution in [-0.2, 0) is 13.1 Å². The minimum atomic E-state index is -0.222. The SMILES string of the molecule is CN(C)CCN(Cc1cc2cc3c(cc2[nH]c1=O)OCCO3)C(=O)NCc1ccccc1. The van der Waals surface area contributed by atoms with Gasteiger partial charge in [0.1, 0.15) is 13.2 Å². The largest absolute Gasteiger partial charge is 0.486 e. The molecule has 0 radical (unpaired) electrons. The number of hydrogen-bond acceptors (Lipinski definition) is 5. The minimum Gasteiger partial charge on any atom is -0.486 e. The fraction of sp³-hybridized carbons (Fsp3) is 0.333. The van der Waals surface area contributed by atoms with Crippen molar-refractivity contribution in [2.45, 2.75) is 13.1 Å². The van der Waals surface area contributed by atoms with Gasteiger partial charge in [-0.25, -0.2) is 4.79 Å². The van der Waals surface area contributed by atoms with Gasteiger partial charge >= 0.3 is 6.03 Å². The number of ether oxygens (including phenoxy) is 2. The summed E-state index contributed by atoms with van der Waals surface area (Å²) in [6.07, 6.45) is 0. The van der Waals surface area contributed by atoms with Crippen LogP contribution in [0.25, 0.3) is 10.9 Å². The van der Waals surface area contributed by atoms with E-state index in [1.807, 2.05) is 61.5 Å². The molecule has 2 aromatic carbocycles. The smallest absolute Gasteiger partial charge is 0.318 e. The molecule has 0 spiro atoms. The number of amides is 2. The third-order valence-corrected chi connectivity index (χ3v) is 5.34. The predicted octanol–water partition coefficient (Wildman–Crippen LogP) is 2.57. The summed E-state index contributed by atoms with van der Waals surface area (Å²) in [6, 6.07) is 15.0. The molecule has 1 aliphatic heterocycles. The summed E-state index contributed by atoms with van der Waals surface area (Å²) in [5.74, 6) is 1.28. The number of nitrogens with one attached hydrogen (secondary N) is 2. The van der Waals surface area contributed by atoms with Crippen LogP contribution >= 0.6 is 0 Å². The highest BCUT2D eigenvalue weighted by Crippen LogP contribution is 2.33. The van der Waals surface area contributed by atoms with E-state index in [1.54, 1.807) is 11.0 Å². The van der Waals surface area contributed by atoms with E-state index in [1.165, 1.54) is 0 Å². The number of hydrogen-bond donors (Lipinski definition) is 2. The second-order valence-corrected chi connectivity index (χ2v) is 8.08. The Morgan fingerprint density at radius 2 is 1.75 bits per heavy atom. The molecular formula is C24H28N4O4. The standard InChI is InChI=1S/C24H28N4O4/c1-27(2)8-9-28(24(30)25-15-17-6-4-3-5-7-17)16-19-12-18-13-21-22(32-11-10-31-21)14-20(18)26-23(19)29/h3-7,12-14H,8-11,15-16H2,1-2H3,(H,25,30)(H,26,29). The van der Waals surface area contributed by atoms with Crippen molar-refractivity contribution in [3.63, 3.8) is 0 Å². The summed E-state index contributed by atoms with van der Waals surface area (Å²) in [6.45, 7) is 2.79. The highest BCUT2D eigenvalue weighted by atomic mass is 16.6.